The van der Waals surface area contributed by atoms with Crippen LogP contribution in [0.2, 0.25) is 0 Å². The zero-order valence-electron chi connectivity index (χ0n) is 21.8. The number of carbonyl (C=O) groups is 2. The lowest BCUT2D eigenvalue weighted by Gasteiger charge is -2.19. The van der Waals surface area contributed by atoms with Crippen LogP contribution in [0.5, 0.6) is 11.5 Å². The van der Waals surface area contributed by atoms with Crippen molar-refractivity contribution in [3.8, 4) is 11.5 Å². The van der Waals surface area contributed by atoms with Gasteiger partial charge in [-0.3, -0.25) is 9.59 Å². The summed E-state index contributed by atoms with van der Waals surface area (Å²) in [6.45, 7) is 4.02. The number of anilines is 2. The zero-order valence-corrected chi connectivity index (χ0v) is 22.6. The van der Waals surface area contributed by atoms with E-state index in [9.17, 15) is 9.59 Å². The van der Waals surface area contributed by atoms with Crippen LogP contribution in [0.4, 0.5) is 11.4 Å². The van der Waals surface area contributed by atoms with E-state index in [0.717, 1.165) is 27.3 Å². The van der Waals surface area contributed by atoms with Gasteiger partial charge in [-0.15, -0.1) is 11.8 Å². The summed E-state index contributed by atoms with van der Waals surface area (Å²) in [5.74, 6) is 0.357. The minimum atomic E-state index is -0.503. The topological polar surface area (TPSA) is 76.7 Å². The molecule has 0 bridgehead atoms. The number of methoxy groups -OCH3 is 2. The van der Waals surface area contributed by atoms with Crippen LogP contribution < -0.4 is 20.1 Å². The van der Waals surface area contributed by atoms with Gasteiger partial charge in [0.1, 0.15) is 22.3 Å². The Morgan fingerprint density at radius 2 is 1.42 bits per heavy atom. The quantitative estimate of drug-likeness (QED) is 0.229. The predicted molar refractivity (Wildman–Crippen MR) is 154 cm³/mol. The second kappa shape index (κ2) is 12.3. The summed E-state index contributed by atoms with van der Waals surface area (Å²) in [5, 5.41) is 5.53. The molecule has 0 radical (unpaired) electrons. The maximum Gasteiger partial charge on any atom is 0.263 e. The third-order valence-electron chi connectivity index (χ3n) is 6.20. The average molecular weight is 527 g/mol. The molecular formula is C31H30N2O4S. The van der Waals surface area contributed by atoms with Crippen LogP contribution in [-0.2, 0) is 4.79 Å². The highest BCUT2D eigenvalue weighted by Gasteiger charge is 2.24. The Hall–Kier alpha value is -4.23. The smallest absolute Gasteiger partial charge is 0.263 e. The van der Waals surface area contributed by atoms with Crippen molar-refractivity contribution >= 4 is 35.0 Å². The first-order chi connectivity index (χ1) is 18.4. The molecule has 2 N–H and O–H groups in total. The van der Waals surface area contributed by atoms with Crippen molar-refractivity contribution in [2.75, 3.05) is 24.9 Å². The Bertz CT molecular complexity index is 1420. The summed E-state index contributed by atoms with van der Waals surface area (Å²) in [7, 11) is 3.02. The zero-order chi connectivity index (χ0) is 27.1. The molecule has 0 aromatic heterocycles. The molecule has 1 atom stereocenters. The lowest BCUT2D eigenvalue weighted by Crippen LogP contribution is -2.19. The highest BCUT2D eigenvalue weighted by molar-refractivity contribution is 8.00. The van der Waals surface area contributed by atoms with E-state index in [0.29, 0.717) is 22.7 Å². The van der Waals surface area contributed by atoms with Gasteiger partial charge in [-0.25, -0.2) is 0 Å². The second-order valence-corrected chi connectivity index (χ2v) is 9.84. The van der Waals surface area contributed by atoms with Crippen LogP contribution >= 0.6 is 11.8 Å². The first-order valence-electron chi connectivity index (χ1n) is 12.1. The lowest BCUT2D eigenvalue weighted by atomic mass is 10.1. The number of thioether (sulfide) groups is 1. The molecule has 4 aromatic carbocycles. The molecule has 38 heavy (non-hydrogen) atoms. The molecule has 6 nitrogen and oxygen atoms in total. The molecule has 1 unspecified atom stereocenters. The van der Waals surface area contributed by atoms with Crippen LogP contribution in [0.3, 0.4) is 0 Å². The summed E-state index contributed by atoms with van der Waals surface area (Å²) in [5.41, 5.74) is 4.73. The number of hydrogen-bond acceptors (Lipinski definition) is 5. The van der Waals surface area contributed by atoms with E-state index in [-0.39, 0.29) is 11.8 Å². The Morgan fingerprint density at radius 1 is 0.763 bits per heavy atom. The largest absolute Gasteiger partial charge is 0.496 e. The molecule has 0 heterocycles. The number of carbonyl (C=O) groups excluding carboxylic acids is 2. The Balaban J connectivity index is 1.59. The second-order valence-electron chi connectivity index (χ2n) is 8.66. The third-order valence-corrected chi connectivity index (χ3v) is 7.45. The van der Waals surface area contributed by atoms with Crippen molar-refractivity contribution < 1.29 is 19.1 Å². The van der Waals surface area contributed by atoms with E-state index in [2.05, 4.69) is 10.6 Å². The van der Waals surface area contributed by atoms with Crippen LogP contribution in [-0.4, -0.2) is 26.0 Å². The van der Waals surface area contributed by atoms with Gasteiger partial charge in [0.15, 0.2) is 0 Å². The molecule has 4 rings (SSSR count). The number of hydrogen-bond donors (Lipinski definition) is 2. The highest BCUT2D eigenvalue weighted by atomic mass is 32.2. The van der Waals surface area contributed by atoms with Gasteiger partial charge in [-0.2, -0.15) is 0 Å². The fourth-order valence-electron chi connectivity index (χ4n) is 4.04. The minimum absolute atomic E-state index is 0.122. The Morgan fingerprint density at radius 3 is 2.11 bits per heavy atom. The third kappa shape index (κ3) is 6.18. The number of benzene rings is 4. The molecule has 7 heteroatoms. The number of rotatable bonds is 9. The number of aryl methyl sites for hydroxylation is 1. The van der Waals surface area contributed by atoms with Gasteiger partial charge in [0.05, 0.1) is 14.2 Å². The van der Waals surface area contributed by atoms with Gasteiger partial charge in [-0.05, 0) is 66.9 Å². The van der Waals surface area contributed by atoms with Crippen molar-refractivity contribution in [3.05, 3.63) is 113 Å². The fraction of sp³-hybridized carbons (Fsp3) is 0.161. The SMILES string of the molecule is COc1cccc(OC)c1C(=O)Nc1cccc(SC(C(=O)Nc2cccc(C)c2C)c2ccccc2)c1. The van der Waals surface area contributed by atoms with E-state index in [1.54, 1.807) is 24.3 Å². The lowest BCUT2D eigenvalue weighted by molar-refractivity contribution is -0.115. The summed E-state index contributed by atoms with van der Waals surface area (Å²) in [6.07, 6.45) is 0. The van der Waals surface area contributed by atoms with Crippen molar-refractivity contribution in [2.45, 2.75) is 24.0 Å². The summed E-state index contributed by atoms with van der Waals surface area (Å²) in [6, 6.07) is 28.1. The van der Waals surface area contributed by atoms with E-state index in [4.69, 9.17) is 9.47 Å². The molecule has 4 aromatic rings. The van der Waals surface area contributed by atoms with Gasteiger partial charge in [-0.1, -0.05) is 54.6 Å². The monoisotopic (exact) mass is 526 g/mol. The van der Waals surface area contributed by atoms with Gasteiger partial charge >= 0.3 is 0 Å². The molecule has 0 aliphatic carbocycles. The van der Waals surface area contributed by atoms with Gasteiger partial charge in [0, 0.05) is 16.3 Å². The number of nitrogens with one attached hydrogen (secondary N) is 2. The van der Waals surface area contributed by atoms with Crippen LogP contribution in [0.15, 0.2) is 95.9 Å². The fourth-order valence-corrected chi connectivity index (χ4v) is 5.12. The van der Waals surface area contributed by atoms with E-state index >= 15 is 0 Å². The van der Waals surface area contributed by atoms with Gasteiger partial charge in [0.25, 0.3) is 5.91 Å². The maximum atomic E-state index is 13.5. The standard InChI is InChI=1S/C31H30N2O4S/c1-20-11-8-16-25(21(20)2)33-31(35)29(22-12-6-5-7-13-22)38-24-15-9-14-23(19-24)32-30(34)28-26(36-3)17-10-18-27(28)37-4/h5-19,29H,1-4H3,(H,32,34)(H,33,35). The minimum Gasteiger partial charge on any atom is -0.496 e. The molecule has 0 aliphatic heterocycles. The Kier molecular flexibility index (Phi) is 8.71. The maximum absolute atomic E-state index is 13.5. The molecule has 0 saturated heterocycles. The molecule has 2 amide bonds. The van der Waals surface area contributed by atoms with Crippen molar-refractivity contribution in [1.29, 1.82) is 0 Å². The van der Waals surface area contributed by atoms with Crippen molar-refractivity contribution in [1.82, 2.24) is 0 Å². The molecule has 194 valence electrons. The summed E-state index contributed by atoms with van der Waals surface area (Å²) in [4.78, 5) is 27.5. The van der Waals surface area contributed by atoms with Crippen LogP contribution in [0, 0.1) is 13.8 Å². The molecule has 0 aliphatic rings. The van der Waals surface area contributed by atoms with E-state index in [1.807, 2.05) is 80.6 Å². The van der Waals surface area contributed by atoms with Crippen LogP contribution in [0.25, 0.3) is 0 Å². The number of amides is 2. The van der Waals surface area contributed by atoms with Crippen molar-refractivity contribution in [3.63, 3.8) is 0 Å². The van der Waals surface area contributed by atoms with Gasteiger partial charge < -0.3 is 20.1 Å². The first-order valence-corrected chi connectivity index (χ1v) is 13.0. The van der Waals surface area contributed by atoms with E-state index < -0.39 is 5.25 Å². The van der Waals surface area contributed by atoms with Crippen LogP contribution in [0.1, 0.15) is 32.3 Å². The molecular weight excluding hydrogens is 496 g/mol. The summed E-state index contributed by atoms with van der Waals surface area (Å²) >= 11 is 1.42. The van der Waals surface area contributed by atoms with Gasteiger partial charge in [0.2, 0.25) is 5.91 Å². The van der Waals surface area contributed by atoms with Crippen molar-refractivity contribution in [2.24, 2.45) is 0 Å². The van der Waals surface area contributed by atoms with E-state index in [1.165, 1.54) is 26.0 Å². The normalized spacial score (nSPS) is 11.4. The average Bonchev–Trinajstić information content (AvgIpc) is 2.94. The predicted octanol–water partition coefficient (Wildman–Crippen LogP) is 7.05. The Labute approximate surface area is 227 Å². The highest BCUT2D eigenvalue weighted by Crippen LogP contribution is 2.38. The first kappa shape index (κ1) is 26.8. The molecule has 0 fully saturated rings. The molecule has 0 saturated carbocycles. The molecule has 0 spiro atoms. The number of ether oxygens (including phenoxy) is 2. The summed E-state index contributed by atoms with van der Waals surface area (Å²) < 4.78 is 10.7.